The quantitative estimate of drug-likeness (QED) is 0.791. The van der Waals surface area contributed by atoms with Gasteiger partial charge in [-0.25, -0.2) is 13.9 Å². The molecule has 0 saturated heterocycles. The molecule has 2 aromatic rings. The fraction of sp³-hybridized carbons (Fsp3) is 0.0769. The summed E-state index contributed by atoms with van der Waals surface area (Å²) in [6.45, 7) is 0.260. The summed E-state index contributed by atoms with van der Waals surface area (Å²) >= 11 is 0. The Balaban J connectivity index is 2.06. The predicted octanol–water partition coefficient (Wildman–Crippen LogP) is 2.19. The van der Waals surface area contributed by atoms with Crippen molar-refractivity contribution in [1.29, 1.82) is 0 Å². The van der Waals surface area contributed by atoms with Crippen LogP contribution in [0.5, 0.6) is 0 Å². The van der Waals surface area contributed by atoms with Crippen LogP contribution in [0.2, 0.25) is 0 Å². The van der Waals surface area contributed by atoms with Crippen LogP contribution < -0.4 is 15.2 Å². The first-order valence-corrected chi connectivity index (χ1v) is 7.46. The summed E-state index contributed by atoms with van der Waals surface area (Å²) in [5.41, 5.74) is 1.46. The molecule has 0 aliphatic heterocycles. The Bertz CT molecular complexity index is 751. The molecule has 0 aliphatic carbocycles. The molecule has 112 valence electrons. The highest BCUT2D eigenvalue weighted by Crippen LogP contribution is 2.17. The van der Waals surface area contributed by atoms with Crippen LogP contribution in [0.1, 0.15) is 5.56 Å². The Morgan fingerprint density at radius 3 is 2.38 bits per heavy atom. The van der Waals surface area contributed by atoms with Crippen LogP contribution in [-0.2, 0) is 16.8 Å². The lowest BCUT2D eigenvalue weighted by Gasteiger charge is -2.09. The number of nitrogens with one attached hydrogen (secondary N) is 2. The fourth-order valence-electron chi connectivity index (χ4n) is 1.71. The van der Waals surface area contributed by atoms with Crippen molar-refractivity contribution in [2.24, 2.45) is 5.14 Å². The average Bonchev–Trinajstić information content (AvgIpc) is 2.39. The monoisotopic (exact) mass is 313 g/mol. The molecule has 0 aliphatic rings. The third-order valence-corrected chi connectivity index (χ3v) is 3.12. The van der Waals surface area contributed by atoms with Crippen LogP contribution >= 0.6 is 0 Å². The molecule has 0 amide bonds. The van der Waals surface area contributed by atoms with Gasteiger partial charge < -0.3 is 5.32 Å². The van der Waals surface area contributed by atoms with Crippen molar-refractivity contribution in [3.8, 4) is 0 Å². The molecular weight excluding hydrogens is 300 g/mol. The van der Waals surface area contributed by atoms with E-state index in [-0.39, 0.29) is 6.54 Å². The molecule has 5 nitrogen and oxygen atoms in total. The van der Waals surface area contributed by atoms with E-state index < -0.39 is 21.8 Å². The van der Waals surface area contributed by atoms with Crippen molar-refractivity contribution < 1.29 is 17.2 Å². The minimum Gasteiger partial charge on any atom is -0.381 e. The second-order valence-corrected chi connectivity index (χ2v) is 5.62. The molecule has 0 bridgehead atoms. The Morgan fingerprint density at radius 1 is 1.00 bits per heavy atom. The smallest absolute Gasteiger partial charge is 0.296 e. The normalized spacial score (nSPS) is 11.2. The van der Waals surface area contributed by atoms with Gasteiger partial charge in [0.25, 0.3) is 10.2 Å². The topological polar surface area (TPSA) is 84.2 Å². The molecule has 21 heavy (non-hydrogen) atoms. The molecule has 0 fully saturated rings. The van der Waals surface area contributed by atoms with Gasteiger partial charge in [0.1, 0.15) is 0 Å². The van der Waals surface area contributed by atoms with Gasteiger partial charge in [0.15, 0.2) is 11.6 Å². The van der Waals surface area contributed by atoms with Crippen molar-refractivity contribution in [2.75, 3.05) is 10.0 Å². The molecule has 0 atom stereocenters. The highest BCUT2D eigenvalue weighted by Gasteiger charge is 2.04. The lowest BCUT2D eigenvalue weighted by molar-refractivity contribution is 0.507. The van der Waals surface area contributed by atoms with E-state index in [9.17, 15) is 17.2 Å². The van der Waals surface area contributed by atoms with Crippen LogP contribution in [0.25, 0.3) is 0 Å². The van der Waals surface area contributed by atoms with Gasteiger partial charge in [-0.15, -0.1) is 0 Å². The summed E-state index contributed by atoms with van der Waals surface area (Å²) < 4.78 is 49.9. The first-order chi connectivity index (χ1) is 9.83. The summed E-state index contributed by atoms with van der Waals surface area (Å²) in [5, 5.41) is 7.85. The molecule has 0 heterocycles. The molecule has 4 N–H and O–H groups in total. The van der Waals surface area contributed by atoms with E-state index in [1.807, 2.05) is 0 Å². The number of hydrogen-bond donors (Lipinski definition) is 3. The molecule has 0 saturated carbocycles. The largest absolute Gasteiger partial charge is 0.381 e. The third-order valence-electron chi connectivity index (χ3n) is 2.60. The highest BCUT2D eigenvalue weighted by atomic mass is 32.2. The average molecular weight is 313 g/mol. The number of hydrogen-bond acceptors (Lipinski definition) is 3. The van der Waals surface area contributed by atoms with Crippen LogP contribution in [0.15, 0.2) is 42.5 Å². The summed E-state index contributed by atoms with van der Waals surface area (Å²) in [6, 6.07) is 9.99. The maximum absolute atomic E-state index is 13.1. The molecule has 0 radical (unpaired) electrons. The van der Waals surface area contributed by atoms with Crippen molar-refractivity contribution in [2.45, 2.75) is 6.54 Å². The molecular formula is C13H13F2N3O2S. The first-order valence-electron chi connectivity index (χ1n) is 5.92. The molecule has 2 aromatic carbocycles. The van der Waals surface area contributed by atoms with E-state index in [0.717, 1.165) is 12.1 Å². The Morgan fingerprint density at radius 2 is 1.71 bits per heavy atom. The van der Waals surface area contributed by atoms with Gasteiger partial charge >= 0.3 is 0 Å². The summed E-state index contributed by atoms with van der Waals surface area (Å²) in [4.78, 5) is 0. The first kappa shape index (κ1) is 15.2. The van der Waals surface area contributed by atoms with Crippen LogP contribution in [0.4, 0.5) is 20.2 Å². The molecule has 2 rings (SSSR count). The fourth-order valence-corrected chi connectivity index (χ4v) is 2.17. The molecule has 0 aromatic heterocycles. The second-order valence-electron chi connectivity index (χ2n) is 4.33. The van der Waals surface area contributed by atoms with Crippen molar-refractivity contribution >= 4 is 21.6 Å². The van der Waals surface area contributed by atoms with Crippen molar-refractivity contribution in [3.05, 3.63) is 59.7 Å². The van der Waals surface area contributed by atoms with E-state index >= 15 is 0 Å². The lowest BCUT2D eigenvalue weighted by atomic mass is 10.2. The zero-order valence-electron chi connectivity index (χ0n) is 10.8. The zero-order valence-corrected chi connectivity index (χ0v) is 11.6. The summed E-state index contributed by atoms with van der Waals surface area (Å²) in [6.07, 6.45) is 0. The van der Waals surface area contributed by atoms with E-state index in [0.29, 0.717) is 16.9 Å². The number of nitrogens with two attached hydrogens (primary N) is 1. The number of rotatable bonds is 5. The molecule has 0 unspecified atom stereocenters. The van der Waals surface area contributed by atoms with E-state index in [4.69, 9.17) is 5.14 Å². The Kier molecular flexibility index (Phi) is 4.39. The van der Waals surface area contributed by atoms with Gasteiger partial charge in [0.2, 0.25) is 0 Å². The summed E-state index contributed by atoms with van der Waals surface area (Å²) in [5.74, 6) is -1.82. The van der Waals surface area contributed by atoms with Crippen LogP contribution in [0, 0.1) is 11.6 Å². The third kappa shape index (κ3) is 4.69. The van der Waals surface area contributed by atoms with Gasteiger partial charge in [-0.2, -0.15) is 8.42 Å². The molecule has 8 heteroatoms. The van der Waals surface area contributed by atoms with Gasteiger partial charge in [-0.3, -0.25) is 4.72 Å². The van der Waals surface area contributed by atoms with E-state index in [1.165, 1.54) is 18.2 Å². The van der Waals surface area contributed by atoms with Crippen LogP contribution in [0.3, 0.4) is 0 Å². The lowest BCUT2D eigenvalue weighted by Crippen LogP contribution is -2.21. The zero-order chi connectivity index (χ0) is 15.5. The van der Waals surface area contributed by atoms with Gasteiger partial charge in [0, 0.05) is 12.2 Å². The minimum atomic E-state index is -3.84. The van der Waals surface area contributed by atoms with Crippen molar-refractivity contribution in [1.82, 2.24) is 0 Å². The second kappa shape index (κ2) is 6.06. The Hall–Kier alpha value is -2.19. The van der Waals surface area contributed by atoms with Crippen LogP contribution in [-0.4, -0.2) is 8.42 Å². The van der Waals surface area contributed by atoms with Crippen molar-refractivity contribution in [3.63, 3.8) is 0 Å². The predicted molar refractivity (Wildman–Crippen MR) is 76.9 cm³/mol. The number of halogens is 2. The maximum atomic E-state index is 13.1. The maximum Gasteiger partial charge on any atom is 0.296 e. The minimum absolute atomic E-state index is 0.260. The Labute approximate surface area is 121 Å². The van der Waals surface area contributed by atoms with E-state index in [1.54, 1.807) is 12.1 Å². The SMILES string of the molecule is NS(=O)(=O)Nc1cccc(NCc2ccc(F)c(F)c2)c1. The number of anilines is 2. The highest BCUT2D eigenvalue weighted by molar-refractivity contribution is 7.90. The summed E-state index contributed by atoms with van der Waals surface area (Å²) in [7, 11) is -3.84. The van der Waals surface area contributed by atoms with Gasteiger partial charge in [-0.05, 0) is 35.9 Å². The van der Waals surface area contributed by atoms with Gasteiger partial charge in [-0.1, -0.05) is 12.1 Å². The number of benzene rings is 2. The van der Waals surface area contributed by atoms with E-state index in [2.05, 4.69) is 10.0 Å². The molecule has 0 spiro atoms. The van der Waals surface area contributed by atoms with Gasteiger partial charge in [0.05, 0.1) is 5.69 Å². The standard InChI is InChI=1S/C13H13F2N3O2S/c14-12-5-4-9(6-13(12)15)8-17-10-2-1-3-11(7-10)18-21(16,19)20/h1-7,17-18H,8H2,(H2,16,19,20).